The first-order valence-electron chi connectivity index (χ1n) is 8.73. The molecule has 2 saturated heterocycles. The Hall–Kier alpha value is -2.29. The van der Waals surface area contributed by atoms with Gasteiger partial charge in [0.05, 0.1) is 23.7 Å². The summed E-state index contributed by atoms with van der Waals surface area (Å²) in [5, 5.41) is 9.49. The van der Waals surface area contributed by atoms with Gasteiger partial charge in [0.25, 0.3) is 0 Å². The highest BCUT2D eigenvalue weighted by Gasteiger charge is 2.61. The van der Waals surface area contributed by atoms with Gasteiger partial charge in [0.2, 0.25) is 5.91 Å². The summed E-state index contributed by atoms with van der Waals surface area (Å²) in [7, 11) is 1.43. The Balaban J connectivity index is 1.54. The molecule has 2 fully saturated rings. The van der Waals surface area contributed by atoms with E-state index in [1.165, 1.54) is 18.4 Å². The molecule has 26 heavy (non-hydrogen) atoms. The number of aromatic nitrogens is 4. The normalized spacial score (nSPS) is 27.0. The number of thiazole rings is 1. The third kappa shape index (κ3) is 2.80. The molecule has 0 saturated carbocycles. The summed E-state index contributed by atoms with van der Waals surface area (Å²) in [6.07, 6.45) is 6.54. The van der Waals surface area contributed by atoms with Crippen LogP contribution < -0.4 is 0 Å². The van der Waals surface area contributed by atoms with Crippen molar-refractivity contribution in [1.29, 1.82) is 0 Å². The molecule has 0 aliphatic carbocycles. The minimum Gasteiger partial charge on any atom is -0.469 e. The number of ether oxygens (including phenoxy) is 1. The van der Waals surface area contributed by atoms with Gasteiger partial charge in [-0.1, -0.05) is 0 Å². The summed E-state index contributed by atoms with van der Waals surface area (Å²) < 4.78 is 6.95. The third-order valence-electron chi connectivity index (χ3n) is 5.65. The van der Waals surface area contributed by atoms with Crippen molar-refractivity contribution in [2.75, 3.05) is 7.11 Å². The molecule has 0 spiro atoms. The van der Waals surface area contributed by atoms with Crippen LogP contribution in [0.5, 0.6) is 0 Å². The number of amides is 1. The number of methoxy groups -OCH3 is 1. The quantitative estimate of drug-likeness (QED) is 0.707. The van der Waals surface area contributed by atoms with Crippen LogP contribution in [0.3, 0.4) is 0 Å². The van der Waals surface area contributed by atoms with Gasteiger partial charge in [0.15, 0.2) is 0 Å². The SMILES string of the molecule is COC(=O)[C@@]1(Cc2cscn2)C[C@H]2CC[C@@H]1N2C(=O)CCn1cnnc1. The lowest BCUT2D eigenvalue weighted by atomic mass is 9.71. The predicted molar refractivity (Wildman–Crippen MR) is 93.2 cm³/mol. The molecule has 0 N–H and O–H groups in total. The highest BCUT2D eigenvalue weighted by Crippen LogP contribution is 2.52. The van der Waals surface area contributed by atoms with Crippen LogP contribution in [0.15, 0.2) is 23.5 Å². The lowest BCUT2D eigenvalue weighted by molar-refractivity contribution is -0.155. The number of rotatable bonds is 6. The van der Waals surface area contributed by atoms with Crippen LogP contribution >= 0.6 is 11.3 Å². The minimum absolute atomic E-state index is 0.0789. The summed E-state index contributed by atoms with van der Waals surface area (Å²) in [6.45, 7) is 0.541. The molecule has 9 heteroatoms. The largest absolute Gasteiger partial charge is 0.469 e. The van der Waals surface area contributed by atoms with Gasteiger partial charge in [-0.25, -0.2) is 4.98 Å². The smallest absolute Gasteiger partial charge is 0.314 e. The molecule has 4 heterocycles. The number of carbonyl (C=O) groups is 2. The highest BCUT2D eigenvalue weighted by molar-refractivity contribution is 7.07. The van der Waals surface area contributed by atoms with Crippen molar-refractivity contribution in [2.45, 2.75) is 50.7 Å². The molecule has 4 rings (SSSR count). The van der Waals surface area contributed by atoms with Crippen molar-refractivity contribution in [3.8, 4) is 0 Å². The topological polar surface area (TPSA) is 90.2 Å². The molecule has 1 amide bonds. The fourth-order valence-corrected chi connectivity index (χ4v) is 5.14. The Kier molecular flexibility index (Phi) is 4.47. The first kappa shape index (κ1) is 17.1. The van der Waals surface area contributed by atoms with Crippen molar-refractivity contribution in [2.24, 2.45) is 5.41 Å². The second kappa shape index (κ2) is 6.79. The predicted octanol–water partition coefficient (Wildman–Crippen LogP) is 1.29. The number of aryl methyl sites for hydroxylation is 1. The van der Waals surface area contributed by atoms with Gasteiger partial charge in [-0.05, 0) is 19.3 Å². The summed E-state index contributed by atoms with van der Waals surface area (Å²) >= 11 is 1.52. The summed E-state index contributed by atoms with van der Waals surface area (Å²) in [4.78, 5) is 32.0. The van der Waals surface area contributed by atoms with E-state index in [0.717, 1.165) is 18.5 Å². The Morgan fingerprint density at radius 2 is 2.15 bits per heavy atom. The van der Waals surface area contributed by atoms with Crippen LogP contribution in [-0.4, -0.2) is 55.7 Å². The summed E-state index contributed by atoms with van der Waals surface area (Å²) in [5.41, 5.74) is 1.98. The fourth-order valence-electron chi connectivity index (χ4n) is 4.58. The van der Waals surface area contributed by atoms with Crippen molar-refractivity contribution in [3.05, 3.63) is 29.2 Å². The minimum atomic E-state index is -0.683. The fraction of sp³-hybridized carbons (Fsp3) is 0.588. The molecule has 3 atom stereocenters. The number of fused-ring (bicyclic) bond motifs is 2. The summed E-state index contributed by atoms with van der Waals surface area (Å²) in [5.74, 6) is -0.149. The number of nitrogens with zero attached hydrogens (tertiary/aromatic N) is 5. The van der Waals surface area contributed by atoms with Gasteiger partial charge in [0, 0.05) is 36.9 Å². The zero-order valence-electron chi connectivity index (χ0n) is 14.6. The van der Waals surface area contributed by atoms with Gasteiger partial charge in [-0.3, -0.25) is 9.59 Å². The molecular weight excluding hydrogens is 354 g/mol. The third-order valence-corrected chi connectivity index (χ3v) is 6.29. The highest BCUT2D eigenvalue weighted by atomic mass is 32.1. The zero-order chi connectivity index (χ0) is 18.1. The molecule has 2 aliphatic rings. The lowest BCUT2D eigenvalue weighted by Gasteiger charge is -2.34. The van der Waals surface area contributed by atoms with Crippen LogP contribution in [0.4, 0.5) is 0 Å². The molecule has 0 unspecified atom stereocenters. The van der Waals surface area contributed by atoms with Gasteiger partial charge in [0.1, 0.15) is 12.7 Å². The van der Waals surface area contributed by atoms with E-state index in [2.05, 4.69) is 15.2 Å². The Morgan fingerprint density at radius 3 is 2.85 bits per heavy atom. The molecule has 2 aromatic heterocycles. The van der Waals surface area contributed by atoms with E-state index < -0.39 is 5.41 Å². The van der Waals surface area contributed by atoms with E-state index in [9.17, 15) is 9.59 Å². The Bertz CT molecular complexity index is 778. The number of esters is 1. The number of carbonyl (C=O) groups excluding carboxylic acids is 2. The molecule has 0 radical (unpaired) electrons. The van der Waals surface area contributed by atoms with E-state index in [1.807, 2.05) is 10.3 Å². The number of hydrogen-bond acceptors (Lipinski definition) is 7. The molecular formula is C17H21N5O3S. The molecule has 138 valence electrons. The first-order valence-corrected chi connectivity index (χ1v) is 9.67. The van der Waals surface area contributed by atoms with Crippen LogP contribution in [0, 0.1) is 5.41 Å². The van der Waals surface area contributed by atoms with Crippen molar-refractivity contribution >= 4 is 23.2 Å². The molecule has 2 aromatic rings. The Labute approximate surface area is 155 Å². The van der Waals surface area contributed by atoms with Gasteiger partial charge < -0.3 is 14.2 Å². The van der Waals surface area contributed by atoms with Gasteiger partial charge >= 0.3 is 5.97 Å². The van der Waals surface area contributed by atoms with E-state index in [-0.39, 0.29) is 24.0 Å². The van der Waals surface area contributed by atoms with Crippen molar-refractivity contribution in [1.82, 2.24) is 24.6 Å². The van der Waals surface area contributed by atoms with Crippen LogP contribution in [0.25, 0.3) is 0 Å². The maximum atomic E-state index is 12.9. The molecule has 2 aliphatic heterocycles. The standard InChI is InChI=1S/C17H21N5O3S/c1-25-16(24)17(6-12-8-26-11-18-12)7-13-2-3-14(17)22(13)15(23)4-5-21-9-19-20-10-21/h8-11,13-14H,2-7H2,1H3/t13-,14+,17+/m1/s1. The zero-order valence-corrected chi connectivity index (χ0v) is 15.4. The second-order valence-corrected chi connectivity index (χ2v) is 7.72. The van der Waals surface area contributed by atoms with Gasteiger partial charge in [-0.2, -0.15) is 0 Å². The van der Waals surface area contributed by atoms with Crippen molar-refractivity contribution < 1.29 is 14.3 Å². The monoisotopic (exact) mass is 375 g/mol. The average Bonchev–Trinajstić information content (AvgIpc) is 3.42. The maximum Gasteiger partial charge on any atom is 0.314 e. The van der Waals surface area contributed by atoms with E-state index in [1.54, 1.807) is 22.7 Å². The molecule has 8 nitrogen and oxygen atoms in total. The second-order valence-electron chi connectivity index (χ2n) is 7.01. The van der Waals surface area contributed by atoms with E-state index in [0.29, 0.717) is 25.8 Å². The van der Waals surface area contributed by atoms with Gasteiger partial charge in [-0.15, -0.1) is 21.5 Å². The Morgan fingerprint density at radius 1 is 1.35 bits per heavy atom. The molecule has 0 aromatic carbocycles. The summed E-state index contributed by atoms with van der Waals surface area (Å²) in [6, 6.07) is -0.0128. The van der Waals surface area contributed by atoms with Crippen molar-refractivity contribution in [3.63, 3.8) is 0 Å². The lowest BCUT2D eigenvalue weighted by Crippen LogP contribution is -2.47. The van der Waals surface area contributed by atoms with Crippen LogP contribution in [-0.2, 0) is 27.3 Å². The molecule has 2 bridgehead atoms. The van der Waals surface area contributed by atoms with E-state index >= 15 is 0 Å². The maximum absolute atomic E-state index is 12.9. The first-order chi connectivity index (χ1) is 12.6. The number of hydrogen-bond donors (Lipinski definition) is 0. The van der Waals surface area contributed by atoms with Crippen LogP contribution in [0.1, 0.15) is 31.4 Å². The average molecular weight is 375 g/mol. The van der Waals surface area contributed by atoms with E-state index in [4.69, 9.17) is 4.74 Å². The van der Waals surface area contributed by atoms with Crippen LogP contribution in [0.2, 0.25) is 0 Å².